The normalized spacial score (nSPS) is 26.9. The van der Waals surface area contributed by atoms with Gasteiger partial charge in [-0.25, -0.2) is 0 Å². The molecule has 1 aliphatic heterocycles. The quantitative estimate of drug-likeness (QED) is 0.779. The molecule has 0 saturated carbocycles. The first-order chi connectivity index (χ1) is 7.79. The first-order valence-corrected chi connectivity index (χ1v) is 5.80. The summed E-state index contributed by atoms with van der Waals surface area (Å²) in [5, 5.41) is 0. The SMILES string of the molecule is CCO[C@H]1CN(C)C[C@H](c2ccccc2)O1. The monoisotopic (exact) mass is 221 g/mol. The van der Waals surface area contributed by atoms with E-state index < -0.39 is 0 Å². The van der Waals surface area contributed by atoms with Crippen LogP contribution in [-0.2, 0) is 9.47 Å². The van der Waals surface area contributed by atoms with Crippen molar-refractivity contribution in [1.82, 2.24) is 4.90 Å². The van der Waals surface area contributed by atoms with E-state index in [2.05, 4.69) is 24.1 Å². The highest BCUT2D eigenvalue weighted by Crippen LogP contribution is 2.24. The van der Waals surface area contributed by atoms with Gasteiger partial charge < -0.3 is 9.47 Å². The highest BCUT2D eigenvalue weighted by Gasteiger charge is 2.26. The van der Waals surface area contributed by atoms with Gasteiger partial charge in [0, 0.05) is 19.7 Å². The Kier molecular flexibility index (Phi) is 3.93. The summed E-state index contributed by atoms with van der Waals surface area (Å²) in [6.45, 7) is 4.46. The summed E-state index contributed by atoms with van der Waals surface area (Å²) in [4.78, 5) is 2.25. The molecule has 0 spiro atoms. The van der Waals surface area contributed by atoms with Crippen LogP contribution in [0.3, 0.4) is 0 Å². The number of rotatable bonds is 3. The van der Waals surface area contributed by atoms with E-state index in [1.807, 2.05) is 25.1 Å². The first-order valence-electron chi connectivity index (χ1n) is 5.80. The van der Waals surface area contributed by atoms with Crippen LogP contribution in [0.1, 0.15) is 18.6 Å². The lowest BCUT2D eigenvalue weighted by Gasteiger charge is -2.35. The fraction of sp³-hybridized carbons (Fsp3) is 0.538. The minimum Gasteiger partial charge on any atom is -0.352 e. The summed E-state index contributed by atoms with van der Waals surface area (Å²) in [5.41, 5.74) is 1.22. The van der Waals surface area contributed by atoms with Crippen LogP contribution in [-0.4, -0.2) is 37.9 Å². The molecule has 0 aliphatic carbocycles. The number of likely N-dealkylation sites (N-methyl/N-ethyl adjacent to an activating group) is 1. The molecule has 1 aromatic carbocycles. The number of benzene rings is 1. The molecule has 0 unspecified atom stereocenters. The highest BCUT2D eigenvalue weighted by atomic mass is 16.7. The van der Waals surface area contributed by atoms with Gasteiger partial charge in [0.25, 0.3) is 0 Å². The fourth-order valence-corrected chi connectivity index (χ4v) is 2.01. The Morgan fingerprint density at radius 1 is 1.31 bits per heavy atom. The van der Waals surface area contributed by atoms with E-state index in [9.17, 15) is 0 Å². The smallest absolute Gasteiger partial charge is 0.170 e. The van der Waals surface area contributed by atoms with Crippen molar-refractivity contribution < 1.29 is 9.47 Å². The van der Waals surface area contributed by atoms with Crippen LogP contribution in [0.25, 0.3) is 0 Å². The molecule has 3 nitrogen and oxygen atoms in total. The third-order valence-electron chi connectivity index (χ3n) is 2.78. The zero-order valence-electron chi connectivity index (χ0n) is 9.93. The van der Waals surface area contributed by atoms with Crippen LogP contribution in [0.5, 0.6) is 0 Å². The van der Waals surface area contributed by atoms with Crippen molar-refractivity contribution in [3.63, 3.8) is 0 Å². The Morgan fingerprint density at radius 2 is 2.06 bits per heavy atom. The lowest BCUT2D eigenvalue weighted by molar-refractivity contribution is -0.207. The van der Waals surface area contributed by atoms with E-state index >= 15 is 0 Å². The lowest BCUT2D eigenvalue weighted by Crippen LogP contribution is -2.43. The highest BCUT2D eigenvalue weighted by molar-refractivity contribution is 5.18. The van der Waals surface area contributed by atoms with E-state index in [-0.39, 0.29) is 12.4 Å². The molecule has 0 radical (unpaired) electrons. The molecule has 1 aliphatic rings. The van der Waals surface area contributed by atoms with Gasteiger partial charge in [-0.05, 0) is 19.5 Å². The summed E-state index contributed by atoms with van der Waals surface area (Å²) < 4.78 is 11.5. The second kappa shape index (κ2) is 5.43. The van der Waals surface area contributed by atoms with Gasteiger partial charge >= 0.3 is 0 Å². The Bertz CT molecular complexity index is 315. The summed E-state index contributed by atoms with van der Waals surface area (Å²) in [5.74, 6) is 0. The van der Waals surface area contributed by atoms with Gasteiger partial charge in [-0.3, -0.25) is 4.90 Å². The second-order valence-electron chi connectivity index (χ2n) is 4.14. The van der Waals surface area contributed by atoms with Crippen molar-refractivity contribution >= 4 is 0 Å². The van der Waals surface area contributed by atoms with Gasteiger partial charge in [0.1, 0.15) is 0 Å². The lowest BCUT2D eigenvalue weighted by atomic mass is 10.1. The van der Waals surface area contributed by atoms with E-state index in [0.29, 0.717) is 6.61 Å². The number of morpholine rings is 1. The van der Waals surface area contributed by atoms with Crippen molar-refractivity contribution in [2.45, 2.75) is 19.3 Å². The Morgan fingerprint density at radius 3 is 2.75 bits per heavy atom. The molecule has 0 aromatic heterocycles. The topological polar surface area (TPSA) is 21.7 Å². The van der Waals surface area contributed by atoms with Crippen molar-refractivity contribution in [1.29, 1.82) is 0 Å². The predicted molar refractivity (Wildman–Crippen MR) is 63.2 cm³/mol. The maximum absolute atomic E-state index is 5.92. The van der Waals surface area contributed by atoms with Crippen LogP contribution in [0.15, 0.2) is 30.3 Å². The van der Waals surface area contributed by atoms with E-state index in [0.717, 1.165) is 13.1 Å². The molecule has 3 heteroatoms. The number of nitrogens with zero attached hydrogens (tertiary/aromatic N) is 1. The van der Waals surface area contributed by atoms with Gasteiger partial charge in [-0.15, -0.1) is 0 Å². The third-order valence-corrected chi connectivity index (χ3v) is 2.78. The van der Waals surface area contributed by atoms with Gasteiger partial charge in [-0.1, -0.05) is 30.3 Å². The average Bonchev–Trinajstić information content (AvgIpc) is 2.30. The zero-order valence-corrected chi connectivity index (χ0v) is 9.93. The van der Waals surface area contributed by atoms with Crippen LogP contribution in [0.2, 0.25) is 0 Å². The van der Waals surface area contributed by atoms with E-state index in [1.54, 1.807) is 0 Å². The fourth-order valence-electron chi connectivity index (χ4n) is 2.01. The van der Waals surface area contributed by atoms with Crippen LogP contribution in [0.4, 0.5) is 0 Å². The molecule has 2 atom stereocenters. The Balaban J connectivity index is 2.04. The summed E-state index contributed by atoms with van der Waals surface area (Å²) in [6, 6.07) is 10.3. The Labute approximate surface area is 97.0 Å². The molecule has 0 amide bonds. The van der Waals surface area contributed by atoms with Crippen LogP contribution < -0.4 is 0 Å². The van der Waals surface area contributed by atoms with E-state index in [4.69, 9.17) is 9.47 Å². The van der Waals surface area contributed by atoms with Crippen molar-refractivity contribution in [3.8, 4) is 0 Å². The van der Waals surface area contributed by atoms with Gasteiger partial charge in [0.05, 0.1) is 6.10 Å². The second-order valence-corrected chi connectivity index (χ2v) is 4.14. The molecule has 16 heavy (non-hydrogen) atoms. The van der Waals surface area contributed by atoms with Gasteiger partial charge in [0.15, 0.2) is 6.29 Å². The predicted octanol–water partition coefficient (Wildman–Crippen LogP) is 2.05. The third kappa shape index (κ3) is 2.82. The minimum atomic E-state index is -0.103. The van der Waals surface area contributed by atoms with Gasteiger partial charge in [0.2, 0.25) is 0 Å². The molecule has 0 bridgehead atoms. The largest absolute Gasteiger partial charge is 0.352 e. The zero-order chi connectivity index (χ0) is 11.4. The number of ether oxygens (including phenoxy) is 2. The summed E-state index contributed by atoms with van der Waals surface area (Å²) in [6.07, 6.45) is 0.0189. The molecule has 1 fully saturated rings. The van der Waals surface area contributed by atoms with Gasteiger partial charge in [-0.2, -0.15) is 0 Å². The molecule has 1 heterocycles. The maximum Gasteiger partial charge on any atom is 0.170 e. The summed E-state index contributed by atoms with van der Waals surface area (Å²) in [7, 11) is 2.10. The average molecular weight is 221 g/mol. The molecule has 1 aromatic rings. The molecule has 88 valence electrons. The maximum atomic E-state index is 5.92. The minimum absolute atomic E-state index is 0.103. The van der Waals surface area contributed by atoms with E-state index in [1.165, 1.54) is 5.56 Å². The number of hydrogen-bond donors (Lipinski definition) is 0. The van der Waals surface area contributed by atoms with Crippen molar-refractivity contribution in [2.24, 2.45) is 0 Å². The molecular weight excluding hydrogens is 202 g/mol. The molecule has 2 rings (SSSR count). The summed E-state index contributed by atoms with van der Waals surface area (Å²) >= 11 is 0. The first kappa shape index (κ1) is 11.6. The standard InChI is InChI=1S/C13H19NO2/c1-3-15-13-10-14(2)9-12(16-13)11-7-5-4-6-8-11/h4-8,12-13H,3,9-10H2,1-2H3/t12-,13-/m1/s1. The van der Waals surface area contributed by atoms with Crippen molar-refractivity contribution in [3.05, 3.63) is 35.9 Å². The number of hydrogen-bond acceptors (Lipinski definition) is 3. The van der Waals surface area contributed by atoms with Crippen LogP contribution in [0, 0.1) is 0 Å². The Hall–Kier alpha value is -0.900. The van der Waals surface area contributed by atoms with Crippen LogP contribution >= 0.6 is 0 Å². The molecule has 0 N–H and O–H groups in total. The molecule has 1 saturated heterocycles. The van der Waals surface area contributed by atoms with Crippen molar-refractivity contribution in [2.75, 3.05) is 26.7 Å². The molecular formula is C13H19NO2.